The highest BCUT2D eigenvalue weighted by molar-refractivity contribution is 7.10. The van der Waals surface area contributed by atoms with Crippen LogP contribution in [0.25, 0.3) is 0 Å². The van der Waals surface area contributed by atoms with E-state index in [1.54, 1.807) is 11.3 Å². The molecule has 1 amide bonds. The van der Waals surface area contributed by atoms with Gasteiger partial charge in [0, 0.05) is 29.4 Å². The largest absolute Gasteiger partial charge is 0.339 e. The maximum absolute atomic E-state index is 13.0. The number of carbonyl (C=O) groups excluding carboxylic acids is 1. The molecule has 0 spiro atoms. The lowest BCUT2D eigenvalue weighted by Crippen LogP contribution is -2.28. The van der Waals surface area contributed by atoms with Crippen molar-refractivity contribution in [2.24, 2.45) is 0 Å². The number of aryl methyl sites for hydroxylation is 1. The van der Waals surface area contributed by atoms with Crippen LogP contribution >= 0.6 is 11.3 Å². The molecule has 1 aliphatic rings. The molecule has 6 nitrogen and oxygen atoms in total. The number of anilines is 1. The van der Waals surface area contributed by atoms with E-state index in [4.69, 9.17) is 4.52 Å². The third-order valence-corrected chi connectivity index (χ3v) is 6.19. The van der Waals surface area contributed by atoms with E-state index in [0.29, 0.717) is 24.6 Å². The average molecular weight is 397 g/mol. The van der Waals surface area contributed by atoms with Gasteiger partial charge in [-0.3, -0.25) is 4.79 Å². The monoisotopic (exact) mass is 396 g/mol. The number of hydrogen-bond acceptors (Lipinski definition) is 6. The first-order valence-electron chi connectivity index (χ1n) is 9.48. The van der Waals surface area contributed by atoms with E-state index < -0.39 is 0 Å². The highest BCUT2D eigenvalue weighted by Crippen LogP contribution is 2.47. The minimum atomic E-state index is -0.154. The van der Waals surface area contributed by atoms with Crippen molar-refractivity contribution < 1.29 is 9.32 Å². The first kappa shape index (κ1) is 18.8. The lowest BCUT2D eigenvalue weighted by Gasteiger charge is -2.26. The van der Waals surface area contributed by atoms with Gasteiger partial charge in [0.25, 0.3) is 0 Å². The molecule has 1 aromatic carbocycles. The fraction of sp³-hybridized carbons (Fsp3) is 0.381. The summed E-state index contributed by atoms with van der Waals surface area (Å²) in [4.78, 5) is 20.6. The zero-order chi connectivity index (χ0) is 19.7. The molecule has 0 bridgehead atoms. The van der Waals surface area contributed by atoms with Crippen LogP contribution in [-0.2, 0) is 11.2 Å². The van der Waals surface area contributed by atoms with E-state index in [0.717, 1.165) is 10.6 Å². The first-order chi connectivity index (χ1) is 13.6. The third-order valence-electron chi connectivity index (χ3n) is 5.25. The van der Waals surface area contributed by atoms with Gasteiger partial charge in [0.1, 0.15) is 0 Å². The van der Waals surface area contributed by atoms with Crippen molar-refractivity contribution >= 4 is 22.9 Å². The Bertz CT molecular complexity index is 936. The van der Waals surface area contributed by atoms with Crippen molar-refractivity contribution in [2.45, 2.75) is 44.7 Å². The van der Waals surface area contributed by atoms with Crippen LogP contribution in [0.2, 0.25) is 0 Å². The van der Waals surface area contributed by atoms with Crippen molar-refractivity contribution in [3.8, 4) is 0 Å². The van der Waals surface area contributed by atoms with Crippen LogP contribution in [-0.4, -0.2) is 29.1 Å². The predicted molar refractivity (Wildman–Crippen MR) is 110 cm³/mol. The highest BCUT2D eigenvalue weighted by atomic mass is 32.1. The number of carbonyl (C=O) groups is 1. The summed E-state index contributed by atoms with van der Waals surface area (Å²) in [5.74, 6) is 1.14. The summed E-state index contributed by atoms with van der Waals surface area (Å²) in [5, 5.41) is 9.37. The van der Waals surface area contributed by atoms with Gasteiger partial charge in [-0.1, -0.05) is 28.9 Å². The van der Waals surface area contributed by atoms with E-state index in [-0.39, 0.29) is 23.9 Å². The normalized spacial score (nSPS) is 20.7. The van der Waals surface area contributed by atoms with Crippen LogP contribution in [0.5, 0.6) is 0 Å². The summed E-state index contributed by atoms with van der Waals surface area (Å²) in [6.45, 7) is 4.12. The summed E-state index contributed by atoms with van der Waals surface area (Å²) in [7, 11) is 1.91. The fourth-order valence-electron chi connectivity index (χ4n) is 3.63. The predicted octanol–water partition coefficient (Wildman–Crippen LogP) is 3.85. The molecule has 1 fully saturated rings. The summed E-state index contributed by atoms with van der Waals surface area (Å²) in [6, 6.07) is 12.3. The van der Waals surface area contributed by atoms with Gasteiger partial charge in [0.2, 0.25) is 11.8 Å². The molecule has 1 saturated heterocycles. The zero-order valence-corrected chi connectivity index (χ0v) is 17.1. The molecule has 3 aromatic rings. The van der Waals surface area contributed by atoms with Gasteiger partial charge in [-0.15, -0.1) is 11.3 Å². The van der Waals surface area contributed by atoms with E-state index in [9.17, 15) is 4.79 Å². The Morgan fingerprint density at radius 2 is 2.11 bits per heavy atom. The SMILES string of the molecule is CNC(C)Cc1noc(C2CC(=O)N(c3ccc(C)cc3)C2c2cccs2)n1. The van der Waals surface area contributed by atoms with Crippen LogP contribution < -0.4 is 10.2 Å². The molecule has 2 aromatic heterocycles. The number of thiophene rings is 1. The molecule has 0 saturated carbocycles. The van der Waals surface area contributed by atoms with Crippen molar-refractivity contribution in [3.63, 3.8) is 0 Å². The van der Waals surface area contributed by atoms with Crippen LogP contribution in [0, 0.1) is 6.92 Å². The van der Waals surface area contributed by atoms with Gasteiger partial charge < -0.3 is 14.7 Å². The molecule has 3 unspecified atom stereocenters. The quantitative estimate of drug-likeness (QED) is 0.685. The number of aromatic nitrogens is 2. The number of hydrogen-bond donors (Lipinski definition) is 1. The molecule has 1 aliphatic heterocycles. The minimum absolute atomic E-state index is 0.0793. The van der Waals surface area contributed by atoms with Crippen LogP contribution in [0.4, 0.5) is 5.69 Å². The lowest BCUT2D eigenvalue weighted by molar-refractivity contribution is -0.117. The molecule has 7 heteroatoms. The Labute approximate surface area is 168 Å². The van der Waals surface area contributed by atoms with Crippen molar-refractivity contribution in [1.29, 1.82) is 0 Å². The molecular weight excluding hydrogens is 372 g/mol. The highest BCUT2D eigenvalue weighted by Gasteiger charge is 2.45. The van der Waals surface area contributed by atoms with Crippen molar-refractivity contribution in [2.75, 3.05) is 11.9 Å². The second kappa shape index (κ2) is 7.85. The van der Waals surface area contributed by atoms with Crippen molar-refractivity contribution in [1.82, 2.24) is 15.5 Å². The second-order valence-electron chi connectivity index (χ2n) is 7.31. The molecule has 0 radical (unpaired) electrons. The van der Waals surface area contributed by atoms with Crippen molar-refractivity contribution in [3.05, 3.63) is 63.9 Å². The summed E-state index contributed by atoms with van der Waals surface area (Å²) >= 11 is 1.65. The minimum Gasteiger partial charge on any atom is -0.339 e. The van der Waals surface area contributed by atoms with E-state index in [1.165, 1.54) is 5.56 Å². The smallest absolute Gasteiger partial charge is 0.232 e. The van der Waals surface area contributed by atoms with Crippen LogP contribution in [0.3, 0.4) is 0 Å². The molecule has 28 heavy (non-hydrogen) atoms. The molecule has 0 aliphatic carbocycles. The van der Waals surface area contributed by atoms with Gasteiger partial charge in [-0.25, -0.2) is 0 Å². The van der Waals surface area contributed by atoms with E-state index in [2.05, 4.69) is 28.4 Å². The van der Waals surface area contributed by atoms with Crippen LogP contribution in [0.15, 0.2) is 46.3 Å². The Morgan fingerprint density at radius 1 is 1.32 bits per heavy atom. The zero-order valence-electron chi connectivity index (χ0n) is 16.3. The number of likely N-dealkylation sites (N-methyl/N-ethyl adjacent to an activating group) is 1. The van der Waals surface area contributed by atoms with Gasteiger partial charge in [-0.05, 0) is 44.5 Å². The maximum atomic E-state index is 13.0. The molecular formula is C21H24N4O2S. The number of benzene rings is 1. The molecule has 4 rings (SSSR count). The summed E-state index contributed by atoms with van der Waals surface area (Å²) in [5.41, 5.74) is 2.07. The third kappa shape index (κ3) is 3.59. The van der Waals surface area contributed by atoms with E-state index in [1.807, 2.05) is 54.6 Å². The second-order valence-corrected chi connectivity index (χ2v) is 8.29. The number of nitrogens with one attached hydrogen (secondary N) is 1. The maximum Gasteiger partial charge on any atom is 0.232 e. The topological polar surface area (TPSA) is 71.3 Å². The number of nitrogens with zero attached hydrogens (tertiary/aromatic N) is 3. The molecule has 1 N–H and O–H groups in total. The molecule has 146 valence electrons. The van der Waals surface area contributed by atoms with Gasteiger partial charge >= 0.3 is 0 Å². The number of amides is 1. The van der Waals surface area contributed by atoms with Gasteiger partial charge in [0.05, 0.1) is 12.0 Å². The lowest BCUT2D eigenvalue weighted by atomic mass is 9.98. The molecule has 3 heterocycles. The first-order valence-corrected chi connectivity index (χ1v) is 10.4. The Balaban J connectivity index is 1.69. The summed E-state index contributed by atoms with van der Waals surface area (Å²) < 4.78 is 5.61. The Hall–Kier alpha value is -2.51. The average Bonchev–Trinajstić information content (AvgIpc) is 3.42. The molecule has 3 atom stereocenters. The standard InChI is InChI=1S/C21H24N4O2S/c1-13-6-8-15(9-7-13)25-19(26)12-16(20(25)17-5-4-10-28-17)21-23-18(24-27-21)11-14(2)22-3/h4-10,14,16,20,22H,11-12H2,1-3H3. The van der Waals surface area contributed by atoms with Gasteiger partial charge in [-0.2, -0.15) is 4.98 Å². The van der Waals surface area contributed by atoms with Crippen LogP contribution in [0.1, 0.15) is 47.5 Å². The summed E-state index contributed by atoms with van der Waals surface area (Å²) in [6.07, 6.45) is 1.05. The Morgan fingerprint density at radius 3 is 2.79 bits per heavy atom. The van der Waals surface area contributed by atoms with E-state index >= 15 is 0 Å². The fourth-order valence-corrected chi connectivity index (χ4v) is 4.51. The number of rotatable bonds is 6. The Kier molecular flexibility index (Phi) is 5.28. The van der Waals surface area contributed by atoms with Gasteiger partial charge in [0.15, 0.2) is 5.82 Å².